The molecule has 2 aliphatic rings. The number of carbonyl (C=O) groups excluding carboxylic acids is 1. The van der Waals surface area contributed by atoms with E-state index in [0.29, 0.717) is 11.4 Å². The van der Waals surface area contributed by atoms with E-state index in [-0.39, 0.29) is 43.0 Å². The molecule has 1 aliphatic carbocycles. The lowest BCUT2D eigenvalue weighted by atomic mass is 9.95. The van der Waals surface area contributed by atoms with Crippen LogP contribution in [0.25, 0.3) is 0 Å². The van der Waals surface area contributed by atoms with E-state index in [9.17, 15) is 26.4 Å². The molecule has 1 N–H and O–H groups in total. The number of carbonyl (C=O) groups is 1. The largest absolute Gasteiger partial charge is 0.481 e. The maximum atomic E-state index is 13.1. The molecule has 37 heavy (non-hydrogen) atoms. The van der Waals surface area contributed by atoms with Crippen LogP contribution in [0, 0.1) is 0 Å². The van der Waals surface area contributed by atoms with Crippen molar-refractivity contribution in [3.8, 4) is 5.75 Å². The summed E-state index contributed by atoms with van der Waals surface area (Å²) in [6, 6.07) is 11.1. The highest BCUT2D eigenvalue weighted by atomic mass is 32.2. The summed E-state index contributed by atoms with van der Waals surface area (Å²) in [5, 5.41) is 3.02. The average molecular weight is 540 g/mol. The molecule has 0 aromatic heterocycles. The zero-order chi connectivity index (χ0) is 26.6. The average Bonchev–Trinajstić information content (AvgIpc) is 2.89. The first-order valence-electron chi connectivity index (χ1n) is 12.5. The highest BCUT2D eigenvalue weighted by Crippen LogP contribution is 2.32. The second-order valence-corrected chi connectivity index (χ2v) is 11.5. The standard InChI is InChI=1S/C26H32F3N3O4S/c1-19(25(33)30-21-7-3-2-4-8-21)36-23-10-12-24(13-11-23)37(34,35)32-16-14-31(15-17-32)22-9-5-6-20(18-22)26(27,28)29/h5-6,9-13,18-19,21H,2-4,7-8,14-17H2,1H3,(H,30,33)/t19-/m0/s1. The lowest BCUT2D eigenvalue weighted by molar-refractivity contribution is -0.137. The number of ether oxygens (including phenoxy) is 1. The van der Waals surface area contributed by atoms with Crippen molar-refractivity contribution in [2.24, 2.45) is 0 Å². The molecule has 1 atom stereocenters. The van der Waals surface area contributed by atoms with Crippen molar-refractivity contribution >= 4 is 21.6 Å². The fourth-order valence-corrected chi connectivity index (χ4v) is 6.15. The molecule has 0 spiro atoms. The summed E-state index contributed by atoms with van der Waals surface area (Å²) < 4.78 is 72.4. The Morgan fingerprint density at radius 1 is 1.00 bits per heavy atom. The Kier molecular flexibility index (Phi) is 8.33. The number of sulfonamides is 1. The quantitative estimate of drug-likeness (QED) is 0.563. The normalized spacial score (nSPS) is 18.9. The third-order valence-corrected chi connectivity index (χ3v) is 8.79. The number of halogens is 3. The minimum Gasteiger partial charge on any atom is -0.481 e. The first kappa shape index (κ1) is 27.3. The van der Waals surface area contributed by atoms with Gasteiger partial charge in [0.25, 0.3) is 5.91 Å². The Morgan fingerprint density at radius 2 is 1.65 bits per heavy atom. The van der Waals surface area contributed by atoms with Gasteiger partial charge >= 0.3 is 6.18 Å². The molecular weight excluding hydrogens is 507 g/mol. The molecule has 0 radical (unpaired) electrons. The molecule has 1 amide bonds. The molecule has 1 aliphatic heterocycles. The maximum absolute atomic E-state index is 13.1. The van der Waals surface area contributed by atoms with Gasteiger partial charge in [-0.1, -0.05) is 25.3 Å². The van der Waals surface area contributed by atoms with Crippen molar-refractivity contribution in [1.29, 1.82) is 0 Å². The fraction of sp³-hybridized carbons (Fsp3) is 0.500. The summed E-state index contributed by atoms with van der Waals surface area (Å²) in [5.41, 5.74) is -0.321. The van der Waals surface area contributed by atoms with Gasteiger partial charge in [0.05, 0.1) is 10.5 Å². The molecule has 0 unspecified atom stereocenters. The van der Waals surface area contributed by atoms with Crippen LogP contribution in [-0.4, -0.2) is 57.0 Å². The summed E-state index contributed by atoms with van der Waals surface area (Å²) >= 11 is 0. The van der Waals surface area contributed by atoms with Gasteiger partial charge in [0.15, 0.2) is 6.10 Å². The highest BCUT2D eigenvalue weighted by molar-refractivity contribution is 7.89. The second-order valence-electron chi connectivity index (χ2n) is 9.51. The van der Waals surface area contributed by atoms with Crippen molar-refractivity contribution in [2.75, 3.05) is 31.1 Å². The predicted octanol–water partition coefficient (Wildman–Crippen LogP) is 4.43. The number of alkyl halides is 3. The molecule has 4 rings (SSSR count). The number of hydrogen-bond donors (Lipinski definition) is 1. The maximum Gasteiger partial charge on any atom is 0.416 e. The summed E-state index contributed by atoms with van der Waals surface area (Å²) in [6.07, 6.45) is 0.201. The smallest absolute Gasteiger partial charge is 0.416 e. The molecule has 11 heteroatoms. The first-order chi connectivity index (χ1) is 17.5. The summed E-state index contributed by atoms with van der Waals surface area (Å²) in [6.45, 7) is 2.50. The third-order valence-electron chi connectivity index (χ3n) is 6.87. The van der Waals surface area contributed by atoms with Gasteiger partial charge in [-0.25, -0.2) is 8.42 Å². The van der Waals surface area contributed by atoms with Crippen LogP contribution < -0.4 is 15.0 Å². The first-order valence-corrected chi connectivity index (χ1v) is 14.0. The molecule has 7 nitrogen and oxygen atoms in total. The van der Waals surface area contributed by atoms with E-state index in [1.165, 1.54) is 41.1 Å². The number of nitrogens with zero attached hydrogens (tertiary/aromatic N) is 2. The summed E-state index contributed by atoms with van der Waals surface area (Å²) in [7, 11) is -3.79. The van der Waals surface area contributed by atoms with E-state index < -0.39 is 27.9 Å². The van der Waals surface area contributed by atoms with Gasteiger partial charge in [-0.3, -0.25) is 4.79 Å². The molecule has 2 aromatic rings. The van der Waals surface area contributed by atoms with Gasteiger partial charge in [0.1, 0.15) is 5.75 Å². The second kappa shape index (κ2) is 11.3. The highest BCUT2D eigenvalue weighted by Gasteiger charge is 2.32. The molecule has 202 valence electrons. The van der Waals surface area contributed by atoms with Gasteiger partial charge in [0.2, 0.25) is 10.0 Å². The lowest BCUT2D eigenvalue weighted by Crippen LogP contribution is -2.48. The van der Waals surface area contributed by atoms with Crippen LogP contribution in [0.5, 0.6) is 5.75 Å². The van der Waals surface area contributed by atoms with Crippen molar-refractivity contribution in [3.63, 3.8) is 0 Å². The van der Waals surface area contributed by atoms with Crippen LogP contribution >= 0.6 is 0 Å². The minimum absolute atomic E-state index is 0.0895. The summed E-state index contributed by atoms with van der Waals surface area (Å²) in [5.74, 6) is 0.196. The minimum atomic E-state index is -4.44. The topological polar surface area (TPSA) is 79.0 Å². The lowest BCUT2D eigenvalue weighted by Gasteiger charge is -2.35. The Hall–Kier alpha value is -2.79. The van der Waals surface area contributed by atoms with Crippen molar-refractivity contribution in [3.05, 3.63) is 54.1 Å². The predicted molar refractivity (Wildman–Crippen MR) is 134 cm³/mol. The van der Waals surface area contributed by atoms with E-state index >= 15 is 0 Å². The Bertz CT molecular complexity index is 1170. The molecular formula is C26H32F3N3O4S. The molecule has 1 saturated heterocycles. The Labute approximate surface area is 215 Å². The van der Waals surface area contributed by atoms with Gasteiger partial charge in [-0.2, -0.15) is 17.5 Å². The zero-order valence-electron chi connectivity index (χ0n) is 20.7. The van der Waals surface area contributed by atoms with E-state index in [1.807, 2.05) is 0 Å². The van der Waals surface area contributed by atoms with Gasteiger partial charge in [0, 0.05) is 37.9 Å². The molecule has 2 fully saturated rings. The SMILES string of the molecule is C[C@H](Oc1ccc(S(=O)(=O)N2CCN(c3cccc(C(F)(F)F)c3)CC2)cc1)C(=O)NC1CCCCC1. The third kappa shape index (κ3) is 6.75. The number of rotatable bonds is 7. The summed E-state index contributed by atoms with van der Waals surface area (Å²) in [4.78, 5) is 14.3. The number of piperazine rings is 1. The number of anilines is 1. The molecule has 0 bridgehead atoms. The van der Waals surface area contributed by atoms with Crippen LogP contribution in [-0.2, 0) is 21.0 Å². The van der Waals surface area contributed by atoms with Gasteiger partial charge < -0.3 is 15.0 Å². The Morgan fingerprint density at radius 3 is 2.27 bits per heavy atom. The van der Waals surface area contributed by atoms with Crippen LogP contribution in [0.3, 0.4) is 0 Å². The van der Waals surface area contributed by atoms with Crippen LogP contribution in [0.15, 0.2) is 53.4 Å². The van der Waals surface area contributed by atoms with E-state index in [4.69, 9.17) is 4.74 Å². The monoisotopic (exact) mass is 539 g/mol. The molecule has 1 heterocycles. The van der Waals surface area contributed by atoms with Crippen LogP contribution in [0.1, 0.15) is 44.6 Å². The van der Waals surface area contributed by atoms with Crippen LogP contribution in [0.2, 0.25) is 0 Å². The number of nitrogens with one attached hydrogen (secondary N) is 1. The van der Waals surface area contributed by atoms with E-state index in [0.717, 1.165) is 37.8 Å². The fourth-order valence-electron chi connectivity index (χ4n) is 4.73. The zero-order valence-corrected chi connectivity index (χ0v) is 21.5. The number of benzene rings is 2. The Balaban J connectivity index is 1.33. The number of hydrogen-bond acceptors (Lipinski definition) is 5. The van der Waals surface area contributed by atoms with Crippen LogP contribution in [0.4, 0.5) is 18.9 Å². The van der Waals surface area contributed by atoms with Gasteiger partial charge in [-0.15, -0.1) is 0 Å². The van der Waals surface area contributed by atoms with E-state index in [1.54, 1.807) is 17.9 Å². The molecule has 1 saturated carbocycles. The molecule has 2 aromatic carbocycles. The van der Waals surface area contributed by atoms with Crippen molar-refractivity contribution in [1.82, 2.24) is 9.62 Å². The van der Waals surface area contributed by atoms with Gasteiger partial charge in [-0.05, 0) is 62.2 Å². The van der Waals surface area contributed by atoms with Crippen molar-refractivity contribution < 1.29 is 31.1 Å². The van der Waals surface area contributed by atoms with E-state index in [2.05, 4.69) is 5.32 Å². The number of amides is 1. The van der Waals surface area contributed by atoms with Crippen molar-refractivity contribution in [2.45, 2.75) is 62.2 Å².